The Balaban J connectivity index is 0. The molecule has 0 bridgehead atoms. The summed E-state index contributed by atoms with van der Waals surface area (Å²) in [7, 11) is 0. The maximum Gasteiger partial charge on any atom is 1.00 e. The van der Waals surface area contributed by atoms with E-state index in [4.69, 9.17) is 4.74 Å². The van der Waals surface area contributed by atoms with Crippen LogP contribution >= 0.6 is 0 Å². The number of aryl methyl sites for hydroxylation is 1. The van der Waals surface area contributed by atoms with Crippen LogP contribution in [0, 0.1) is 19.4 Å². The Bertz CT molecular complexity index is 236. The number of rotatable bonds is 3. The van der Waals surface area contributed by atoms with Gasteiger partial charge in [0.2, 0.25) is 0 Å². The van der Waals surface area contributed by atoms with Crippen molar-refractivity contribution >= 4 is 0 Å². The van der Waals surface area contributed by atoms with Gasteiger partial charge in [-0.2, -0.15) is 31.5 Å². The molecule has 0 heterocycles. The van der Waals surface area contributed by atoms with Crippen molar-refractivity contribution in [1.29, 1.82) is 0 Å². The monoisotopic (exact) mass is 198 g/mol. The molecule has 1 nitrogen and oxygen atoms in total. The molecule has 0 saturated carbocycles. The van der Waals surface area contributed by atoms with E-state index in [1.54, 1.807) is 0 Å². The van der Waals surface area contributed by atoms with E-state index < -0.39 is 0 Å². The third-order valence-electron chi connectivity index (χ3n) is 1.51. The van der Waals surface area contributed by atoms with Crippen LogP contribution in [0.25, 0.3) is 0 Å². The van der Waals surface area contributed by atoms with Gasteiger partial charge < -0.3 is 18.1 Å². The molecule has 0 aliphatic rings. The minimum atomic E-state index is 0. The van der Waals surface area contributed by atoms with Crippen molar-refractivity contribution in [1.82, 2.24) is 0 Å². The van der Waals surface area contributed by atoms with E-state index in [1.807, 2.05) is 38.5 Å². The molecule has 0 fully saturated rings. The Morgan fingerprint density at radius 1 is 1.47 bits per heavy atom. The quantitative estimate of drug-likeness (QED) is 0.507. The van der Waals surface area contributed by atoms with Gasteiger partial charge in [0.15, 0.2) is 0 Å². The van der Waals surface area contributed by atoms with Crippen molar-refractivity contribution in [3.63, 3.8) is 0 Å². The van der Waals surface area contributed by atoms with Crippen molar-refractivity contribution in [2.75, 3.05) is 6.61 Å². The van der Waals surface area contributed by atoms with Crippen LogP contribution in [0.5, 0.6) is 5.75 Å². The van der Waals surface area contributed by atoms with E-state index in [0.717, 1.165) is 12.2 Å². The average Bonchev–Trinajstić information content (AvgIpc) is 2.20. The minimum absolute atomic E-state index is 0. The molecule has 1 aromatic carbocycles. The van der Waals surface area contributed by atoms with Crippen molar-refractivity contribution in [2.24, 2.45) is 0 Å². The first-order chi connectivity index (χ1) is 6.78. The number of hydrogen-bond acceptors (Lipinski definition) is 1. The zero-order valence-electron chi connectivity index (χ0n) is 10.3. The number of hydrogen-bond donors (Lipinski definition) is 0. The van der Waals surface area contributed by atoms with Crippen molar-refractivity contribution < 1.29 is 23.6 Å². The van der Waals surface area contributed by atoms with Crippen LogP contribution in [0.2, 0.25) is 0 Å². The molecule has 1 rings (SSSR count). The summed E-state index contributed by atoms with van der Waals surface area (Å²) in [4.78, 5) is 0. The summed E-state index contributed by atoms with van der Waals surface area (Å²) >= 11 is 0. The van der Waals surface area contributed by atoms with E-state index >= 15 is 0 Å². The second-order valence-corrected chi connectivity index (χ2v) is 2.84. The van der Waals surface area contributed by atoms with Crippen LogP contribution in [0.15, 0.2) is 18.2 Å². The van der Waals surface area contributed by atoms with Crippen molar-refractivity contribution in [3.05, 3.63) is 43.2 Å². The van der Waals surface area contributed by atoms with Gasteiger partial charge in [0.25, 0.3) is 0 Å². The third kappa shape index (κ3) is 8.60. The van der Waals surface area contributed by atoms with Crippen LogP contribution in [0.4, 0.5) is 0 Å². The molecular weight excluding hydrogens is 179 g/mol. The molecule has 2 heteroatoms. The molecular formula is C13H19LiO-2. The number of ether oxygens (including phenoxy) is 1. The van der Waals surface area contributed by atoms with Crippen molar-refractivity contribution in [3.8, 4) is 5.75 Å². The van der Waals surface area contributed by atoms with Crippen LogP contribution < -0.4 is 23.6 Å². The van der Waals surface area contributed by atoms with E-state index in [2.05, 4.69) is 19.9 Å². The zero-order chi connectivity index (χ0) is 10.8. The third-order valence-corrected chi connectivity index (χ3v) is 1.51. The van der Waals surface area contributed by atoms with Gasteiger partial charge in [0.1, 0.15) is 0 Å². The summed E-state index contributed by atoms with van der Waals surface area (Å²) in [5, 5.41) is 0. The predicted octanol–water partition coefficient (Wildman–Crippen LogP) is 0.497. The molecule has 0 spiro atoms. The fourth-order valence-electron chi connectivity index (χ4n) is 0.902. The van der Waals surface area contributed by atoms with Gasteiger partial charge in [-0.1, -0.05) is 13.3 Å². The zero-order valence-corrected chi connectivity index (χ0v) is 10.3. The molecule has 0 aliphatic heterocycles. The Morgan fingerprint density at radius 3 is 2.53 bits per heavy atom. The minimum Gasteiger partial charge on any atom is -0.551 e. The molecule has 0 radical (unpaired) electrons. The first-order valence-corrected chi connectivity index (χ1v) is 4.95. The Labute approximate surface area is 106 Å². The van der Waals surface area contributed by atoms with Gasteiger partial charge >= 0.3 is 18.9 Å². The molecule has 0 atom stereocenters. The summed E-state index contributed by atoms with van der Waals surface area (Å²) < 4.78 is 5.18. The topological polar surface area (TPSA) is 9.23 Å². The average molecular weight is 198 g/mol. The molecule has 0 saturated heterocycles. The molecule has 0 aromatic heterocycles. The van der Waals surface area contributed by atoms with Gasteiger partial charge in [-0.05, 0) is 6.61 Å². The molecule has 0 unspecified atom stereocenters. The smallest absolute Gasteiger partial charge is 0.551 e. The summed E-state index contributed by atoms with van der Waals surface area (Å²) in [6.07, 6.45) is 3.03. The molecule has 0 amide bonds. The van der Waals surface area contributed by atoms with Crippen molar-refractivity contribution in [2.45, 2.75) is 27.2 Å². The predicted molar refractivity (Wildman–Crippen MR) is 61.2 cm³/mol. The summed E-state index contributed by atoms with van der Waals surface area (Å²) in [5.74, 6) is 0.791. The maximum atomic E-state index is 5.18. The Kier molecular flexibility index (Phi) is 13.3. The standard InChI is InChI=1S/C10H12O.C3H7.Li/c1-3-9-6-5-7-10(8-9)11-4-2;1-3-2;/h5-6,8H,2-4H2,1H3;3H,1-2H3;/q-2;-1;+1. The summed E-state index contributed by atoms with van der Waals surface area (Å²) in [5.41, 5.74) is 1.27. The first-order valence-electron chi connectivity index (χ1n) is 4.95. The number of benzene rings is 1. The van der Waals surface area contributed by atoms with Crippen LogP contribution in [-0.4, -0.2) is 6.61 Å². The van der Waals surface area contributed by atoms with E-state index in [-0.39, 0.29) is 18.9 Å². The Hall–Kier alpha value is -0.383. The van der Waals surface area contributed by atoms with E-state index in [9.17, 15) is 0 Å². The van der Waals surface area contributed by atoms with Gasteiger partial charge in [-0.15, -0.1) is 12.1 Å². The van der Waals surface area contributed by atoms with Gasteiger partial charge in [0.05, 0.1) is 0 Å². The molecule has 0 N–H and O–H groups in total. The fourth-order valence-corrected chi connectivity index (χ4v) is 0.902. The normalized spacial score (nSPS) is 8.27. The van der Waals surface area contributed by atoms with Gasteiger partial charge in [-0.3, -0.25) is 0 Å². The van der Waals surface area contributed by atoms with Gasteiger partial charge in [0, 0.05) is 5.75 Å². The van der Waals surface area contributed by atoms with E-state index in [0.29, 0.717) is 6.61 Å². The first kappa shape index (κ1) is 17.0. The molecule has 15 heavy (non-hydrogen) atoms. The maximum absolute atomic E-state index is 5.18. The summed E-state index contributed by atoms with van der Waals surface area (Å²) in [6, 6.07) is 8.89. The van der Waals surface area contributed by atoms with Gasteiger partial charge in [-0.25, -0.2) is 0 Å². The summed E-state index contributed by atoms with van der Waals surface area (Å²) in [6.45, 7) is 10.2. The van der Waals surface area contributed by atoms with Crippen LogP contribution in [-0.2, 0) is 6.42 Å². The SMILES string of the molecule is C[CH-]C.[CH2-]COc1[c-]ccc(CC)c1.[Li+]. The molecule has 1 aromatic rings. The van der Waals surface area contributed by atoms with E-state index in [1.165, 1.54) is 5.56 Å². The second-order valence-electron chi connectivity index (χ2n) is 2.84. The van der Waals surface area contributed by atoms with Crippen LogP contribution in [0.3, 0.4) is 0 Å². The largest absolute Gasteiger partial charge is 1.00 e. The molecule has 0 aliphatic carbocycles. The molecule has 80 valence electrons. The van der Waals surface area contributed by atoms with Crippen LogP contribution in [0.1, 0.15) is 26.3 Å². The Morgan fingerprint density at radius 2 is 2.07 bits per heavy atom. The fraction of sp³-hybridized carbons (Fsp3) is 0.385. The second kappa shape index (κ2) is 11.7.